The molecule has 3 aromatic rings. The van der Waals surface area contributed by atoms with Crippen LogP contribution in [0.2, 0.25) is 0 Å². The molecule has 0 aliphatic carbocycles. The Bertz CT molecular complexity index is 1180. The molecule has 1 unspecified atom stereocenters. The van der Waals surface area contributed by atoms with Crippen molar-refractivity contribution >= 4 is 57.5 Å². The lowest BCUT2D eigenvalue weighted by atomic mass is 9.95. The Labute approximate surface area is 179 Å². The molecule has 1 aliphatic rings. The third-order valence-electron chi connectivity index (χ3n) is 5.27. The van der Waals surface area contributed by atoms with Crippen LogP contribution in [-0.4, -0.2) is 34.0 Å². The summed E-state index contributed by atoms with van der Waals surface area (Å²) < 4.78 is 1.60. The van der Waals surface area contributed by atoms with E-state index in [-0.39, 0.29) is 17.7 Å². The van der Waals surface area contributed by atoms with E-state index in [4.69, 9.17) is 17.3 Å². The summed E-state index contributed by atoms with van der Waals surface area (Å²) in [5.41, 5.74) is 9.46. The van der Waals surface area contributed by atoms with Gasteiger partial charge in [-0.05, 0) is 23.1 Å². The van der Waals surface area contributed by atoms with E-state index in [2.05, 4.69) is 10.4 Å². The van der Waals surface area contributed by atoms with E-state index in [9.17, 15) is 9.59 Å². The number of hydrogen-bond donors (Lipinski definition) is 2. The molecule has 2 heterocycles. The van der Waals surface area contributed by atoms with Gasteiger partial charge in [0.1, 0.15) is 0 Å². The number of alkyl halides is 1. The van der Waals surface area contributed by atoms with E-state index in [0.29, 0.717) is 29.6 Å². The van der Waals surface area contributed by atoms with Crippen LogP contribution in [0.5, 0.6) is 0 Å². The SMILES string of the molecule is CC(=O)Nc1cc(/C=C/C(=O)N2CC(CCl)c3c2cc(N)c2ccccc32)n(C)n1. The molecule has 0 radical (unpaired) electrons. The van der Waals surface area contributed by atoms with E-state index in [0.717, 1.165) is 22.0 Å². The smallest absolute Gasteiger partial charge is 0.251 e. The molecule has 4 rings (SSSR count). The number of hydrogen-bond acceptors (Lipinski definition) is 4. The number of nitrogens with two attached hydrogens (primary N) is 1. The zero-order valence-corrected chi connectivity index (χ0v) is 17.5. The highest BCUT2D eigenvalue weighted by atomic mass is 35.5. The Morgan fingerprint density at radius 2 is 2.03 bits per heavy atom. The molecular formula is C22H22ClN5O2. The van der Waals surface area contributed by atoms with Gasteiger partial charge in [-0.1, -0.05) is 24.3 Å². The van der Waals surface area contributed by atoms with Gasteiger partial charge in [-0.15, -0.1) is 11.6 Å². The number of amides is 2. The number of aryl methyl sites for hydroxylation is 1. The number of fused-ring (bicyclic) bond motifs is 3. The van der Waals surface area contributed by atoms with Gasteiger partial charge in [-0.2, -0.15) is 5.10 Å². The monoisotopic (exact) mass is 423 g/mol. The van der Waals surface area contributed by atoms with Gasteiger partial charge in [0.05, 0.1) is 11.4 Å². The van der Waals surface area contributed by atoms with Gasteiger partial charge in [0.2, 0.25) is 5.91 Å². The zero-order valence-electron chi connectivity index (χ0n) is 16.7. The van der Waals surface area contributed by atoms with Crippen LogP contribution in [0.15, 0.2) is 42.5 Å². The number of rotatable bonds is 4. The molecule has 0 saturated carbocycles. The van der Waals surface area contributed by atoms with Crippen molar-refractivity contribution in [3.05, 3.63) is 53.7 Å². The summed E-state index contributed by atoms with van der Waals surface area (Å²) in [7, 11) is 1.75. The molecular weight excluding hydrogens is 402 g/mol. The lowest BCUT2D eigenvalue weighted by Gasteiger charge is -2.16. The predicted molar refractivity (Wildman–Crippen MR) is 121 cm³/mol. The van der Waals surface area contributed by atoms with Gasteiger partial charge in [0.15, 0.2) is 5.82 Å². The normalized spacial score (nSPS) is 15.7. The van der Waals surface area contributed by atoms with Crippen LogP contribution >= 0.6 is 11.6 Å². The molecule has 0 fully saturated rings. The van der Waals surface area contributed by atoms with Gasteiger partial charge < -0.3 is 16.0 Å². The van der Waals surface area contributed by atoms with Crippen LogP contribution in [0.25, 0.3) is 16.8 Å². The van der Waals surface area contributed by atoms with Crippen molar-refractivity contribution in [2.45, 2.75) is 12.8 Å². The third kappa shape index (κ3) is 3.52. The maximum absolute atomic E-state index is 13.0. The van der Waals surface area contributed by atoms with Crippen molar-refractivity contribution in [1.82, 2.24) is 9.78 Å². The van der Waals surface area contributed by atoms with Crippen LogP contribution in [0.3, 0.4) is 0 Å². The Kier molecular flexibility index (Phi) is 5.22. The summed E-state index contributed by atoms with van der Waals surface area (Å²) in [4.78, 5) is 26.0. The first-order valence-corrected chi connectivity index (χ1v) is 10.1. The summed E-state index contributed by atoms with van der Waals surface area (Å²) in [6, 6.07) is 11.5. The predicted octanol–water partition coefficient (Wildman–Crippen LogP) is 3.50. The summed E-state index contributed by atoms with van der Waals surface area (Å²) in [6.07, 6.45) is 3.18. The topological polar surface area (TPSA) is 93.3 Å². The third-order valence-corrected chi connectivity index (χ3v) is 5.64. The average Bonchev–Trinajstić information content (AvgIpc) is 3.25. The van der Waals surface area contributed by atoms with Crippen molar-refractivity contribution in [3.63, 3.8) is 0 Å². The summed E-state index contributed by atoms with van der Waals surface area (Å²) in [5.74, 6) is 0.514. The van der Waals surface area contributed by atoms with Crippen LogP contribution in [-0.2, 0) is 16.6 Å². The largest absolute Gasteiger partial charge is 0.398 e. The molecule has 2 amide bonds. The highest BCUT2D eigenvalue weighted by Gasteiger charge is 2.33. The van der Waals surface area contributed by atoms with Crippen LogP contribution in [0.1, 0.15) is 24.1 Å². The first-order chi connectivity index (χ1) is 14.4. The van der Waals surface area contributed by atoms with Crippen molar-refractivity contribution in [1.29, 1.82) is 0 Å². The molecule has 1 aliphatic heterocycles. The lowest BCUT2D eigenvalue weighted by molar-refractivity contribution is -0.115. The summed E-state index contributed by atoms with van der Waals surface area (Å²) in [5, 5.41) is 8.84. The van der Waals surface area contributed by atoms with Gasteiger partial charge in [-0.3, -0.25) is 14.3 Å². The minimum atomic E-state index is -0.203. The quantitative estimate of drug-likeness (QED) is 0.381. The highest BCUT2D eigenvalue weighted by Crippen LogP contribution is 2.44. The van der Waals surface area contributed by atoms with Gasteiger partial charge in [-0.25, -0.2) is 0 Å². The molecule has 30 heavy (non-hydrogen) atoms. The molecule has 0 saturated heterocycles. The summed E-state index contributed by atoms with van der Waals surface area (Å²) >= 11 is 6.25. The second-order valence-electron chi connectivity index (χ2n) is 7.34. The molecule has 154 valence electrons. The number of nitrogens with one attached hydrogen (secondary N) is 1. The molecule has 2 aromatic carbocycles. The Morgan fingerprint density at radius 1 is 1.30 bits per heavy atom. The molecule has 8 heteroatoms. The Morgan fingerprint density at radius 3 is 2.73 bits per heavy atom. The minimum absolute atomic E-state index is 0.0348. The highest BCUT2D eigenvalue weighted by molar-refractivity contribution is 6.19. The number of carbonyl (C=O) groups excluding carboxylic acids is 2. The molecule has 7 nitrogen and oxygen atoms in total. The summed E-state index contributed by atoms with van der Waals surface area (Å²) in [6.45, 7) is 1.92. The number of carbonyl (C=O) groups is 2. The van der Waals surface area contributed by atoms with Crippen molar-refractivity contribution in [2.24, 2.45) is 7.05 Å². The second-order valence-corrected chi connectivity index (χ2v) is 7.65. The van der Waals surface area contributed by atoms with E-state index < -0.39 is 0 Å². The number of aromatic nitrogens is 2. The van der Waals surface area contributed by atoms with Crippen molar-refractivity contribution in [2.75, 3.05) is 28.4 Å². The lowest BCUT2D eigenvalue weighted by Crippen LogP contribution is -2.28. The van der Waals surface area contributed by atoms with Crippen LogP contribution in [0.4, 0.5) is 17.2 Å². The van der Waals surface area contributed by atoms with Gasteiger partial charge >= 0.3 is 0 Å². The molecule has 0 bridgehead atoms. The molecule has 0 spiro atoms. The van der Waals surface area contributed by atoms with Crippen LogP contribution in [0, 0.1) is 0 Å². The Hall–Kier alpha value is -3.32. The molecule has 1 aromatic heterocycles. The Balaban J connectivity index is 1.66. The molecule has 3 N–H and O–H groups in total. The van der Waals surface area contributed by atoms with E-state index >= 15 is 0 Å². The van der Waals surface area contributed by atoms with Gasteiger partial charge in [0.25, 0.3) is 5.91 Å². The standard InChI is InChI=1S/C22H22ClN5O2/c1-13(29)25-20-9-15(27(2)26-20)7-8-21(30)28-12-14(11-23)22-17-6-4-3-5-16(17)18(24)10-19(22)28/h3-10,14H,11-12,24H2,1-2H3,(H,25,26,29)/b8-7+. The fourth-order valence-electron chi connectivity index (χ4n) is 3.93. The number of anilines is 3. The maximum Gasteiger partial charge on any atom is 0.251 e. The first-order valence-electron chi connectivity index (χ1n) is 9.57. The van der Waals surface area contributed by atoms with Crippen molar-refractivity contribution in [3.8, 4) is 0 Å². The average molecular weight is 424 g/mol. The second kappa shape index (κ2) is 7.84. The molecule has 1 atom stereocenters. The van der Waals surface area contributed by atoms with E-state index in [1.165, 1.54) is 13.0 Å². The fourth-order valence-corrected chi connectivity index (χ4v) is 4.19. The van der Waals surface area contributed by atoms with E-state index in [1.54, 1.807) is 28.8 Å². The fraction of sp³-hybridized carbons (Fsp3) is 0.227. The maximum atomic E-state index is 13.0. The van der Waals surface area contributed by atoms with Crippen LogP contribution < -0.4 is 16.0 Å². The number of nitrogen functional groups attached to an aromatic ring is 1. The number of nitrogens with zero attached hydrogens (tertiary/aromatic N) is 3. The zero-order chi connectivity index (χ0) is 21.4. The van der Waals surface area contributed by atoms with E-state index in [1.807, 2.05) is 30.3 Å². The van der Waals surface area contributed by atoms with Gasteiger partial charge in [0, 0.05) is 55.5 Å². The van der Waals surface area contributed by atoms with Crippen molar-refractivity contribution < 1.29 is 9.59 Å². The number of halogens is 1. The number of benzene rings is 2. The minimum Gasteiger partial charge on any atom is -0.398 e. The first kappa shape index (κ1) is 20.0.